The summed E-state index contributed by atoms with van der Waals surface area (Å²) >= 11 is 0. The normalized spacial score (nSPS) is 18.2. The van der Waals surface area contributed by atoms with E-state index >= 15 is 0 Å². The highest BCUT2D eigenvalue weighted by atomic mass is 16.2. The third kappa shape index (κ3) is 2.57. The first-order valence-corrected chi connectivity index (χ1v) is 5.75. The van der Waals surface area contributed by atoms with Gasteiger partial charge in [0.1, 0.15) is 12.1 Å². The van der Waals surface area contributed by atoms with E-state index in [1.54, 1.807) is 18.7 Å². The van der Waals surface area contributed by atoms with Crippen LogP contribution in [0, 0.1) is 0 Å². The van der Waals surface area contributed by atoms with Gasteiger partial charge in [0, 0.05) is 13.1 Å². The predicted octanol–water partition coefficient (Wildman–Crippen LogP) is 0.185. The minimum atomic E-state index is -0.916. The van der Waals surface area contributed by atoms with E-state index in [1.165, 1.54) is 0 Å². The molecule has 6 nitrogen and oxygen atoms in total. The highest BCUT2D eigenvalue weighted by Crippen LogP contribution is 2.16. The first kappa shape index (κ1) is 13.5. The lowest BCUT2D eigenvalue weighted by atomic mass is 10.1. The van der Waals surface area contributed by atoms with Crippen molar-refractivity contribution in [2.45, 2.75) is 33.2 Å². The third-order valence-electron chi connectivity index (χ3n) is 2.85. The molecule has 0 radical (unpaired) electrons. The highest BCUT2D eigenvalue weighted by Gasteiger charge is 2.45. The number of nitrogens with one attached hydrogen (secondary N) is 1. The predicted molar refractivity (Wildman–Crippen MR) is 62.3 cm³/mol. The highest BCUT2D eigenvalue weighted by molar-refractivity contribution is 6.08. The molecule has 1 fully saturated rings. The molecule has 0 aromatic heterocycles. The van der Waals surface area contributed by atoms with Gasteiger partial charge in [0.05, 0.1) is 0 Å². The zero-order valence-corrected chi connectivity index (χ0v) is 10.7. The van der Waals surface area contributed by atoms with E-state index < -0.39 is 11.6 Å². The molecule has 96 valence electrons. The largest absolute Gasteiger partial charge is 0.342 e. The molecule has 0 aromatic rings. The summed E-state index contributed by atoms with van der Waals surface area (Å²) in [6, 6.07) is -0.500. The molecule has 0 aliphatic carbocycles. The van der Waals surface area contributed by atoms with Crippen molar-refractivity contribution in [3.05, 3.63) is 0 Å². The van der Waals surface area contributed by atoms with Crippen LogP contribution >= 0.6 is 0 Å². The molecule has 1 aliphatic rings. The lowest BCUT2D eigenvalue weighted by Crippen LogP contribution is -2.44. The lowest BCUT2D eigenvalue weighted by Gasteiger charge is -2.21. The molecule has 1 heterocycles. The van der Waals surface area contributed by atoms with Gasteiger partial charge in [0.15, 0.2) is 0 Å². The summed E-state index contributed by atoms with van der Waals surface area (Å²) in [6.07, 6.45) is 0. The Morgan fingerprint density at radius 3 is 2.18 bits per heavy atom. The van der Waals surface area contributed by atoms with E-state index in [-0.39, 0.29) is 18.4 Å². The molecule has 0 bridgehead atoms. The van der Waals surface area contributed by atoms with Gasteiger partial charge in [-0.15, -0.1) is 0 Å². The summed E-state index contributed by atoms with van der Waals surface area (Å²) in [5.74, 6) is -0.570. The lowest BCUT2D eigenvalue weighted by molar-refractivity contribution is -0.138. The van der Waals surface area contributed by atoms with Crippen LogP contribution in [0.4, 0.5) is 4.79 Å². The van der Waals surface area contributed by atoms with E-state index in [0.29, 0.717) is 13.1 Å². The van der Waals surface area contributed by atoms with Crippen molar-refractivity contribution in [3.8, 4) is 0 Å². The van der Waals surface area contributed by atoms with Crippen LogP contribution in [-0.4, -0.2) is 52.8 Å². The zero-order valence-electron chi connectivity index (χ0n) is 10.7. The van der Waals surface area contributed by atoms with Crippen LogP contribution in [0.3, 0.4) is 0 Å². The molecule has 1 aliphatic heterocycles. The molecule has 1 N–H and O–H groups in total. The number of amides is 4. The van der Waals surface area contributed by atoms with Crippen molar-refractivity contribution in [2.24, 2.45) is 0 Å². The van der Waals surface area contributed by atoms with E-state index in [0.717, 1.165) is 4.90 Å². The molecule has 0 aromatic carbocycles. The van der Waals surface area contributed by atoms with Crippen molar-refractivity contribution in [2.75, 3.05) is 19.6 Å². The number of nitrogens with zero attached hydrogens (tertiary/aromatic N) is 2. The quantitative estimate of drug-likeness (QED) is 0.714. The Kier molecular flexibility index (Phi) is 3.75. The smallest absolute Gasteiger partial charge is 0.325 e. The van der Waals surface area contributed by atoms with E-state index in [2.05, 4.69) is 5.32 Å². The van der Waals surface area contributed by atoms with Crippen molar-refractivity contribution in [1.29, 1.82) is 0 Å². The third-order valence-corrected chi connectivity index (χ3v) is 2.85. The Bertz CT molecular complexity index is 348. The Labute approximate surface area is 101 Å². The molecule has 1 saturated heterocycles. The van der Waals surface area contributed by atoms with Crippen molar-refractivity contribution >= 4 is 17.8 Å². The summed E-state index contributed by atoms with van der Waals surface area (Å²) in [7, 11) is 0. The Morgan fingerprint density at radius 1 is 1.29 bits per heavy atom. The molecule has 0 unspecified atom stereocenters. The fourth-order valence-electron chi connectivity index (χ4n) is 1.77. The van der Waals surface area contributed by atoms with E-state index in [1.807, 2.05) is 13.8 Å². The van der Waals surface area contributed by atoms with Crippen LogP contribution in [0.1, 0.15) is 27.7 Å². The Balaban J connectivity index is 2.73. The number of hydrogen-bond donors (Lipinski definition) is 1. The summed E-state index contributed by atoms with van der Waals surface area (Å²) < 4.78 is 0. The van der Waals surface area contributed by atoms with Crippen molar-refractivity contribution < 1.29 is 14.4 Å². The number of likely N-dealkylation sites (N-methyl/N-ethyl adjacent to an activating group) is 1. The molecule has 17 heavy (non-hydrogen) atoms. The second-order valence-corrected chi connectivity index (χ2v) is 4.51. The number of urea groups is 1. The molecule has 1 rings (SSSR count). The van der Waals surface area contributed by atoms with Gasteiger partial charge in [0.2, 0.25) is 5.91 Å². The average molecular weight is 241 g/mol. The number of imide groups is 1. The van der Waals surface area contributed by atoms with Gasteiger partial charge < -0.3 is 10.2 Å². The van der Waals surface area contributed by atoms with Gasteiger partial charge >= 0.3 is 6.03 Å². The average Bonchev–Trinajstić information content (AvgIpc) is 2.42. The zero-order chi connectivity index (χ0) is 13.2. The molecule has 0 atom stereocenters. The number of carbonyl (C=O) groups is 3. The van der Waals surface area contributed by atoms with E-state index in [9.17, 15) is 14.4 Å². The van der Waals surface area contributed by atoms with Gasteiger partial charge in [-0.25, -0.2) is 4.79 Å². The maximum absolute atomic E-state index is 11.8. The summed E-state index contributed by atoms with van der Waals surface area (Å²) in [5, 5.41) is 2.54. The van der Waals surface area contributed by atoms with Gasteiger partial charge in [-0.2, -0.15) is 0 Å². The molecule has 0 saturated carbocycles. The molecule has 0 spiro atoms. The second kappa shape index (κ2) is 4.73. The van der Waals surface area contributed by atoms with Crippen molar-refractivity contribution in [3.63, 3.8) is 0 Å². The number of carbonyl (C=O) groups excluding carboxylic acids is 3. The minimum absolute atomic E-state index is 0.185. The first-order valence-electron chi connectivity index (χ1n) is 5.75. The number of hydrogen-bond acceptors (Lipinski definition) is 3. The SMILES string of the molecule is CCN(CC)C(=O)CN1C(=O)NC(C)(C)C1=O. The van der Waals surface area contributed by atoms with Crippen LogP contribution in [0.2, 0.25) is 0 Å². The second-order valence-electron chi connectivity index (χ2n) is 4.51. The summed E-state index contributed by atoms with van der Waals surface area (Å²) in [4.78, 5) is 37.8. The fourth-order valence-corrected chi connectivity index (χ4v) is 1.77. The van der Waals surface area contributed by atoms with Crippen LogP contribution in [0.5, 0.6) is 0 Å². The molecule has 4 amide bonds. The summed E-state index contributed by atoms with van der Waals surface area (Å²) in [5.41, 5.74) is -0.916. The fraction of sp³-hybridized carbons (Fsp3) is 0.727. The molecular weight excluding hydrogens is 222 g/mol. The van der Waals surface area contributed by atoms with Gasteiger partial charge in [-0.3, -0.25) is 14.5 Å². The van der Waals surface area contributed by atoms with Crippen LogP contribution < -0.4 is 5.32 Å². The monoisotopic (exact) mass is 241 g/mol. The van der Waals surface area contributed by atoms with Crippen LogP contribution in [-0.2, 0) is 9.59 Å². The maximum Gasteiger partial charge on any atom is 0.325 e. The minimum Gasteiger partial charge on any atom is -0.342 e. The van der Waals surface area contributed by atoms with Crippen molar-refractivity contribution in [1.82, 2.24) is 15.1 Å². The Hall–Kier alpha value is -1.59. The Morgan fingerprint density at radius 2 is 1.82 bits per heavy atom. The van der Waals surface area contributed by atoms with E-state index in [4.69, 9.17) is 0 Å². The molecule has 6 heteroatoms. The number of rotatable bonds is 4. The van der Waals surface area contributed by atoms with Crippen LogP contribution in [0.25, 0.3) is 0 Å². The van der Waals surface area contributed by atoms with Gasteiger partial charge in [-0.1, -0.05) is 0 Å². The van der Waals surface area contributed by atoms with Crippen LogP contribution in [0.15, 0.2) is 0 Å². The standard InChI is InChI=1S/C11H19N3O3/c1-5-13(6-2)8(15)7-14-9(16)11(3,4)12-10(14)17/h5-7H2,1-4H3,(H,12,17). The first-order chi connectivity index (χ1) is 7.83. The molecular formula is C11H19N3O3. The maximum atomic E-state index is 11.8. The van der Waals surface area contributed by atoms with Gasteiger partial charge in [0.25, 0.3) is 5.91 Å². The topological polar surface area (TPSA) is 69.7 Å². The summed E-state index contributed by atoms with van der Waals surface area (Å²) in [6.45, 7) is 7.92. The van der Waals surface area contributed by atoms with Gasteiger partial charge in [-0.05, 0) is 27.7 Å².